The SMILES string of the molecule is Cc1cn2c(CC(=O)N3CC(CO)OCC3C)csc2n1. The lowest BCUT2D eigenvalue weighted by atomic mass is 10.1. The number of ether oxygens (including phenoxy) is 1. The Kier molecular flexibility index (Phi) is 3.97. The number of amides is 1. The minimum Gasteiger partial charge on any atom is -0.394 e. The molecular weight excluding hydrogens is 290 g/mol. The van der Waals surface area contributed by atoms with Crippen molar-refractivity contribution in [1.29, 1.82) is 0 Å². The fourth-order valence-electron chi connectivity index (χ4n) is 2.60. The molecule has 1 aliphatic heterocycles. The second kappa shape index (κ2) is 5.75. The quantitative estimate of drug-likeness (QED) is 0.913. The summed E-state index contributed by atoms with van der Waals surface area (Å²) in [4.78, 5) is 19.7. The van der Waals surface area contributed by atoms with E-state index in [0.29, 0.717) is 19.6 Å². The van der Waals surface area contributed by atoms with E-state index in [1.807, 2.05) is 29.8 Å². The van der Waals surface area contributed by atoms with Gasteiger partial charge in [0.2, 0.25) is 5.91 Å². The Morgan fingerprint density at radius 2 is 2.43 bits per heavy atom. The van der Waals surface area contributed by atoms with E-state index in [1.165, 1.54) is 0 Å². The molecule has 0 spiro atoms. The van der Waals surface area contributed by atoms with Crippen LogP contribution in [0.15, 0.2) is 11.6 Å². The van der Waals surface area contributed by atoms with Gasteiger partial charge in [-0.15, -0.1) is 11.3 Å². The summed E-state index contributed by atoms with van der Waals surface area (Å²) in [5.74, 6) is 0.0651. The predicted molar refractivity (Wildman–Crippen MR) is 79.5 cm³/mol. The molecule has 1 amide bonds. The van der Waals surface area contributed by atoms with Crippen molar-refractivity contribution >= 4 is 22.2 Å². The summed E-state index contributed by atoms with van der Waals surface area (Å²) in [7, 11) is 0. The van der Waals surface area contributed by atoms with Crippen LogP contribution in [0.4, 0.5) is 0 Å². The summed E-state index contributed by atoms with van der Waals surface area (Å²) < 4.78 is 7.45. The Hall–Kier alpha value is -1.44. The third-order valence-electron chi connectivity index (χ3n) is 3.77. The number of imidazole rings is 1. The number of thiazole rings is 1. The van der Waals surface area contributed by atoms with Gasteiger partial charge in [0, 0.05) is 23.8 Å². The number of aliphatic hydroxyl groups is 1. The number of nitrogens with zero attached hydrogens (tertiary/aromatic N) is 3. The molecule has 2 aromatic rings. The molecule has 6 nitrogen and oxygen atoms in total. The monoisotopic (exact) mass is 309 g/mol. The zero-order chi connectivity index (χ0) is 15.0. The highest BCUT2D eigenvalue weighted by Crippen LogP contribution is 2.19. The third-order valence-corrected chi connectivity index (χ3v) is 4.65. The van der Waals surface area contributed by atoms with Gasteiger partial charge in [-0.05, 0) is 13.8 Å². The number of carbonyl (C=O) groups excluding carboxylic acids is 1. The van der Waals surface area contributed by atoms with Crippen LogP contribution in [-0.2, 0) is 16.0 Å². The van der Waals surface area contributed by atoms with Gasteiger partial charge in [0.05, 0.1) is 37.5 Å². The Labute approximate surface area is 127 Å². The summed E-state index contributed by atoms with van der Waals surface area (Å²) in [6.45, 7) is 4.78. The van der Waals surface area contributed by atoms with Crippen LogP contribution in [0.25, 0.3) is 4.96 Å². The zero-order valence-electron chi connectivity index (χ0n) is 12.2. The van der Waals surface area contributed by atoms with Crippen LogP contribution in [0, 0.1) is 6.92 Å². The highest BCUT2D eigenvalue weighted by molar-refractivity contribution is 7.15. The lowest BCUT2D eigenvalue weighted by Crippen LogP contribution is -2.52. The Bertz CT molecular complexity index is 651. The first-order chi connectivity index (χ1) is 10.1. The summed E-state index contributed by atoms with van der Waals surface area (Å²) in [5.41, 5.74) is 1.91. The van der Waals surface area contributed by atoms with Crippen molar-refractivity contribution in [2.45, 2.75) is 32.4 Å². The van der Waals surface area contributed by atoms with Crippen LogP contribution >= 0.6 is 11.3 Å². The molecule has 0 aliphatic carbocycles. The van der Waals surface area contributed by atoms with E-state index in [2.05, 4.69) is 4.98 Å². The van der Waals surface area contributed by atoms with Crippen molar-refractivity contribution in [3.8, 4) is 0 Å². The number of rotatable bonds is 3. The van der Waals surface area contributed by atoms with E-state index in [4.69, 9.17) is 4.74 Å². The molecule has 1 fully saturated rings. The summed E-state index contributed by atoms with van der Waals surface area (Å²) in [6.07, 6.45) is 2.02. The van der Waals surface area contributed by atoms with Gasteiger partial charge in [0.1, 0.15) is 0 Å². The van der Waals surface area contributed by atoms with Gasteiger partial charge in [-0.25, -0.2) is 4.98 Å². The number of morpholine rings is 1. The smallest absolute Gasteiger partial charge is 0.228 e. The molecule has 3 heterocycles. The first kappa shape index (κ1) is 14.5. The second-order valence-corrected chi connectivity index (χ2v) is 6.31. The number of fused-ring (bicyclic) bond motifs is 1. The maximum absolute atomic E-state index is 12.5. The van der Waals surface area contributed by atoms with Gasteiger partial charge in [0.25, 0.3) is 0 Å². The van der Waals surface area contributed by atoms with Gasteiger partial charge >= 0.3 is 0 Å². The Morgan fingerprint density at radius 3 is 3.19 bits per heavy atom. The van der Waals surface area contributed by atoms with Crippen molar-refractivity contribution in [3.63, 3.8) is 0 Å². The highest BCUT2D eigenvalue weighted by atomic mass is 32.1. The highest BCUT2D eigenvalue weighted by Gasteiger charge is 2.29. The lowest BCUT2D eigenvalue weighted by molar-refractivity contribution is -0.145. The molecule has 21 heavy (non-hydrogen) atoms. The predicted octanol–water partition coefficient (Wildman–Crippen LogP) is 0.855. The van der Waals surface area contributed by atoms with E-state index in [0.717, 1.165) is 16.3 Å². The molecule has 114 valence electrons. The molecule has 2 aromatic heterocycles. The van der Waals surface area contributed by atoms with E-state index < -0.39 is 0 Å². The van der Waals surface area contributed by atoms with E-state index in [9.17, 15) is 9.90 Å². The van der Waals surface area contributed by atoms with Gasteiger partial charge in [0.15, 0.2) is 4.96 Å². The number of hydrogen-bond donors (Lipinski definition) is 1. The number of hydrogen-bond acceptors (Lipinski definition) is 5. The first-order valence-electron chi connectivity index (χ1n) is 7.02. The number of aliphatic hydroxyl groups excluding tert-OH is 1. The van der Waals surface area contributed by atoms with Crippen LogP contribution in [-0.4, -0.2) is 57.2 Å². The topological polar surface area (TPSA) is 67.1 Å². The van der Waals surface area contributed by atoms with Crippen LogP contribution in [0.2, 0.25) is 0 Å². The number of aromatic nitrogens is 2. The molecule has 7 heteroatoms. The Morgan fingerprint density at radius 1 is 1.62 bits per heavy atom. The number of carbonyl (C=O) groups is 1. The van der Waals surface area contributed by atoms with Gasteiger partial charge in [-0.2, -0.15) is 0 Å². The zero-order valence-corrected chi connectivity index (χ0v) is 13.0. The largest absolute Gasteiger partial charge is 0.394 e. The molecule has 1 saturated heterocycles. The van der Waals surface area contributed by atoms with Gasteiger partial charge < -0.3 is 14.7 Å². The lowest BCUT2D eigenvalue weighted by Gasteiger charge is -2.37. The molecule has 0 aromatic carbocycles. The van der Waals surface area contributed by atoms with E-state index >= 15 is 0 Å². The molecule has 2 atom stereocenters. The van der Waals surface area contributed by atoms with Crippen LogP contribution in [0.3, 0.4) is 0 Å². The molecule has 2 unspecified atom stereocenters. The molecular formula is C14H19N3O3S. The van der Waals surface area contributed by atoms with Crippen molar-refractivity contribution in [2.24, 2.45) is 0 Å². The molecule has 1 aliphatic rings. The summed E-state index contributed by atoms with van der Waals surface area (Å²) in [5, 5.41) is 11.2. The summed E-state index contributed by atoms with van der Waals surface area (Å²) >= 11 is 1.55. The van der Waals surface area contributed by atoms with Crippen molar-refractivity contribution in [3.05, 3.63) is 23.0 Å². The second-order valence-electron chi connectivity index (χ2n) is 5.47. The molecule has 1 N–H and O–H groups in total. The maximum Gasteiger partial charge on any atom is 0.228 e. The van der Waals surface area contributed by atoms with Crippen LogP contribution < -0.4 is 0 Å². The van der Waals surface area contributed by atoms with Gasteiger partial charge in [-0.1, -0.05) is 0 Å². The Balaban J connectivity index is 1.75. The fraction of sp³-hybridized carbons (Fsp3) is 0.571. The molecule has 0 bridgehead atoms. The van der Waals surface area contributed by atoms with Gasteiger partial charge in [-0.3, -0.25) is 9.20 Å². The summed E-state index contributed by atoms with van der Waals surface area (Å²) in [6, 6.07) is 0.0407. The van der Waals surface area contributed by atoms with Crippen molar-refractivity contribution in [1.82, 2.24) is 14.3 Å². The molecule has 0 radical (unpaired) electrons. The number of aryl methyl sites for hydroxylation is 1. The fourth-order valence-corrected chi connectivity index (χ4v) is 3.52. The average molecular weight is 309 g/mol. The van der Waals surface area contributed by atoms with E-state index in [-0.39, 0.29) is 24.7 Å². The minimum absolute atomic E-state index is 0.0407. The third kappa shape index (κ3) is 2.81. The van der Waals surface area contributed by atoms with Crippen LogP contribution in [0.1, 0.15) is 18.3 Å². The van der Waals surface area contributed by atoms with Crippen molar-refractivity contribution < 1.29 is 14.6 Å². The van der Waals surface area contributed by atoms with Crippen molar-refractivity contribution in [2.75, 3.05) is 19.8 Å². The molecule has 3 rings (SSSR count). The average Bonchev–Trinajstić information content (AvgIpc) is 3.00. The standard InChI is InChI=1S/C14H19N3O3S/c1-9-4-17-11(8-21-14(17)15-9)3-13(19)16-5-12(6-18)20-7-10(16)2/h4,8,10,12,18H,3,5-7H2,1-2H3. The molecule has 0 saturated carbocycles. The normalized spacial score (nSPS) is 22.9. The van der Waals surface area contributed by atoms with E-state index in [1.54, 1.807) is 16.2 Å². The maximum atomic E-state index is 12.5. The van der Waals surface area contributed by atoms with Crippen LogP contribution in [0.5, 0.6) is 0 Å². The first-order valence-corrected chi connectivity index (χ1v) is 7.90. The minimum atomic E-state index is -0.275.